The highest BCUT2D eigenvalue weighted by molar-refractivity contribution is 5.88. The summed E-state index contributed by atoms with van der Waals surface area (Å²) in [6.07, 6.45) is 6.74. The second-order valence-corrected chi connectivity index (χ2v) is 7.04. The number of ketones is 1. The van der Waals surface area contributed by atoms with E-state index in [0.29, 0.717) is 11.6 Å². The Labute approximate surface area is 150 Å². The summed E-state index contributed by atoms with van der Waals surface area (Å²) in [5, 5.41) is 0. The van der Waals surface area contributed by atoms with Crippen LogP contribution >= 0.6 is 0 Å². The van der Waals surface area contributed by atoms with E-state index in [-0.39, 0.29) is 11.6 Å². The molecule has 25 heavy (non-hydrogen) atoms. The summed E-state index contributed by atoms with van der Waals surface area (Å²) in [6.45, 7) is 10.6. The summed E-state index contributed by atoms with van der Waals surface area (Å²) in [5.41, 5.74) is 4.85. The Balaban J connectivity index is 2.29. The minimum Gasteiger partial charge on any atom is -0.369 e. The van der Waals surface area contributed by atoms with Gasteiger partial charge in [0.2, 0.25) is 0 Å². The molecule has 0 N–H and O–H groups in total. The van der Waals surface area contributed by atoms with Gasteiger partial charge in [0, 0.05) is 18.3 Å². The molecule has 0 aliphatic carbocycles. The van der Waals surface area contributed by atoms with E-state index in [1.165, 1.54) is 30.3 Å². The van der Waals surface area contributed by atoms with Crippen molar-refractivity contribution in [1.29, 1.82) is 0 Å². The number of anilines is 1. The molecule has 0 fully saturated rings. The Morgan fingerprint density at radius 3 is 2.56 bits per heavy atom. The number of allylic oxidation sites excluding steroid dienone is 6. The van der Waals surface area contributed by atoms with Crippen LogP contribution in [-0.4, -0.2) is 18.4 Å². The SMILES string of the molecule is CC(=O)\C=C(C)/C=C/C(F)=C(/C)c1ccc2c(c1)CCCN2C(C)C. The fraction of sp³-hybridized carbons (Fsp3) is 0.409. The first-order valence-corrected chi connectivity index (χ1v) is 8.93. The highest BCUT2D eigenvalue weighted by Gasteiger charge is 2.19. The zero-order valence-corrected chi connectivity index (χ0v) is 15.9. The van der Waals surface area contributed by atoms with Crippen molar-refractivity contribution in [1.82, 2.24) is 0 Å². The van der Waals surface area contributed by atoms with Gasteiger partial charge in [-0.15, -0.1) is 0 Å². The highest BCUT2D eigenvalue weighted by Crippen LogP contribution is 2.32. The predicted octanol–water partition coefficient (Wildman–Crippen LogP) is 5.64. The van der Waals surface area contributed by atoms with E-state index >= 15 is 0 Å². The summed E-state index contributed by atoms with van der Waals surface area (Å²) < 4.78 is 14.5. The standard InChI is InChI=1S/C22H28FNO/c1-15(2)24-12-6-7-20-14-19(9-11-22(20)24)18(5)21(23)10-8-16(3)13-17(4)25/h8-11,13-15H,6-7,12H2,1-5H3/b10-8+,16-13-,21-18+. The molecule has 1 aliphatic heterocycles. The third kappa shape index (κ3) is 4.91. The number of carbonyl (C=O) groups is 1. The molecule has 0 aromatic heterocycles. The van der Waals surface area contributed by atoms with Gasteiger partial charge in [-0.25, -0.2) is 4.39 Å². The van der Waals surface area contributed by atoms with Crippen LogP contribution in [0.4, 0.5) is 10.1 Å². The molecule has 2 nitrogen and oxygen atoms in total. The summed E-state index contributed by atoms with van der Waals surface area (Å²) in [7, 11) is 0. The van der Waals surface area contributed by atoms with Crippen LogP contribution < -0.4 is 4.90 Å². The van der Waals surface area contributed by atoms with Gasteiger partial charge in [-0.1, -0.05) is 12.1 Å². The maximum atomic E-state index is 14.5. The molecule has 1 aliphatic rings. The summed E-state index contributed by atoms with van der Waals surface area (Å²) >= 11 is 0. The van der Waals surface area contributed by atoms with Gasteiger partial charge in [-0.2, -0.15) is 0 Å². The van der Waals surface area contributed by atoms with Crippen LogP contribution in [0, 0.1) is 0 Å². The van der Waals surface area contributed by atoms with E-state index < -0.39 is 0 Å². The Kier molecular flexibility index (Phi) is 6.35. The first-order chi connectivity index (χ1) is 11.8. The van der Waals surface area contributed by atoms with E-state index in [2.05, 4.69) is 30.9 Å². The Bertz CT molecular complexity index is 740. The van der Waals surface area contributed by atoms with Gasteiger partial charge in [0.15, 0.2) is 5.78 Å². The molecule has 1 heterocycles. The van der Waals surface area contributed by atoms with Gasteiger partial charge in [0.05, 0.1) is 0 Å². The Hall–Kier alpha value is -2.16. The molecule has 0 atom stereocenters. The number of hydrogen-bond donors (Lipinski definition) is 0. The maximum Gasteiger partial charge on any atom is 0.152 e. The van der Waals surface area contributed by atoms with Crippen molar-refractivity contribution in [2.75, 3.05) is 11.4 Å². The maximum absolute atomic E-state index is 14.5. The lowest BCUT2D eigenvalue weighted by atomic mass is 9.95. The molecule has 2 rings (SSSR count). The second kappa shape index (κ2) is 8.28. The lowest BCUT2D eigenvalue weighted by Gasteiger charge is -2.35. The van der Waals surface area contributed by atoms with Gasteiger partial charge < -0.3 is 4.90 Å². The van der Waals surface area contributed by atoms with Gasteiger partial charge >= 0.3 is 0 Å². The molecule has 0 saturated heterocycles. The molecular formula is C22H28FNO. The Morgan fingerprint density at radius 1 is 1.20 bits per heavy atom. The van der Waals surface area contributed by atoms with Crippen LogP contribution in [0.2, 0.25) is 0 Å². The van der Waals surface area contributed by atoms with E-state index in [1.54, 1.807) is 19.9 Å². The normalized spacial score (nSPS) is 16.3. The van der Waals surface area contributed by atoms with Crippen molar-refractivity contribution >= 4 is 17.0 Å². The monoisotopic (exact) mass is 341 g/mol. The highest BCUT2D eigenvalue weighted by atomic mass is 19.1. The quantitative estimate of drug-likeness (QED) is 0.510. The minimum atomic E-state index is -0.271. The lowest BCUT2D eigenvalue weighted by molar-refractivity contribution is -0.112. The van der Waals surface area contributed by atoms with Crippen molar-refractivity contribution in [3.63, 3.8) is 0 Å². The van der Waals surface area contributed by atoms with E-state index in [1.807, 2.05) is 6.07 Å². The number of benzene rings is 1. The largest absolute Gasteiger partial charge is 0.369 e. The molecule has 0 bridgehead atoms. The van der Waals surface area contributed by atoms with E-state index in [0.717, 1.165) is 30.5 Å². The molecule has 1 aromatic carbocycles. The smallest absolute Gasteiger partial charge is 0.152 e. The third-order valence-electron chi connectivity index (χ3n) is 4.57. The number of fused-ring (bicyclic) bond motifs is 1. The molecule has 0 radical (unpaired) electrons. The molecule has 1 aromatic rings. The summed E-state index contributed by atoms with van der Waals surface area (Å²) in [5.74, 6) is -0.305. The zero-order chi connectivity index (χ0) is 18.6. The summed E-state index contributed by atoms with van der Waals surface area (Å²) in [6, 6.07) is 6.70. The molecule has 134 valence electrons. The number of hydrogen-bond acceptors (Lipinski definition) is 2. The third-order valence-corrected chi connectivity index (χ3v) is 4.57. The van der Waals surface area contributed by atoms with Crippen LogP contribution in [0.5, 0.6) is 0 Å². The first kappa shape index (κ1) is 19.2. The fourth-order valence-electron chi connectivity index (χ4n) is 3.23. The van der Waals surface area contributed by atoms with E-state index in [4.69, 9.17) is 0 Å². The topological polar surface area (TPSA) is 20.3 Å². The number of aryl methyl sites for hydroxylation is 1. The van der Waals surface area contributed by atoms with Crippen LogP contribution in [0.1, 0.15) is 52.2 Å². The molecule has 3 heteroatoms. The van der Waals surface area contributed by atoms with Crippen molar-refractivity contribution < 1.29 is 9.18 Å². The number of carbonyl (C=O) groups excluding carboxylic acids is 1. The van der Waals surface area contributed by atoms with Gasteiger partial charge in [-0.3, -0.25) is 4.79 Å². The number of rotatable bonds is 5. The average Bonchev–Trinajstić information content (AvgIpc) is 2.57. The van der Waals surface area contributed by atoms with Crippen molar-refractivity contribution in [3.05, 3.63) is 59.0 Å². The summed E-state index contributed by atoms with van der Waals surface area (Å²) in [4.78, 5) is 13.5. The van der Waals surface area contributed by atoms with Crippen LogP contribution in [0.25, 0.3) is 5.57 Å². The molecule has 0 amide bonds. The zero-order valence-electron chi connectivity index (χ0n) is 15.9. The number of halogens is 1. The van der Waals surface area contributed by atoms with E-state index in [9.17, 15) is 9.18 Å². The molecule has 0 spiro atoms. The van der Waals surface area contributed by atoms with Gasteiger partial charge in [-0.05, 0) is 94.0 Å². The first-order valence-electron chi connectivity index (χ1n) is 8.93. The van der Waals surface area contributed by atoms with Crippen molar-refractivity contribution in [2.24, 2.45) is 0 Å². The van der Waals surface area contributed by atoms with Crippen LogP contribution in [0.3, 0.4) is 0 Å². The Morgan fingerprint density at radius 2 is 1.92 bits per heavy atom. The van der Waals surface area contributed by atoms with Crippen molar-refractivity contribution in [2.45, 2.75) is 53.5 Å². The van der Waals surface area contributed by atoms with Gasteiger partial charge in [0.1, 0.15) is 5.83 Å². The van der Waals surface area contributed by atoms with Crippen LogP contribution in [-0.2, 0) is 11.2 Å². The van der Waals surface area contributed by atoms with Gasteiger partial charge in [0.25, 0.3) is 0 Å². The minimum absolute atomic E-state index is 0.0346. The second-order valence-electron chi connectivity index (χ2n) is 7.04. The lowest BCUT2D eigenvalue weighted by Crippen LogP contribution is -2.35. The number of nitrogens with zero attached hydrogens (tertiary/aromatic N) is 1. The van der Waals surface area contributed by atoms with Crippen LogP contribution in [0.15, 0.2) is 47.8 Å². The average molecular weight is 341 g/mol. The molecule has 0 unspecified atom stereocenters. The molecule has 0 saturated carbocycles. The fourth-order valence-corrected chi connectivity index (χ4v) is 3.23. The predicted molar refractivity (Wildman–Crippen MR) is 105 cm³/mol. The van der Waals surface area contributed by atoms with Crippen molar-refractivity contribution in [3.8, 4) is 0 Å². The molecular weight excluding hydrogens is 313 g/mol.